The summed E-state index contributed by atoms with van der Waals surface area (Å²) in [5.41, 5.74) is 2.74. The average molecular weight is 365 g/mol. The highest BCUT2D eigenvalue weighted by molar-refractivity contribution is 5.65. The minimum atomic E-state index is -0.116. The Bertz CT molecular complexity index is 794. The zero-order valence-electron chi connectivity index (χ0n) is 16.2. The SMILES string of the molecule is C=CC1CCC2CC(c3ccc(-c4ccc(OC)cc4)c(F)c3)CCC2C1. The van der Waals surface area contributed by atoms with Gasteiger partial charge in [0.1, 0.15) is 11.6 Å². The first kappa shape index (κ1) is 18.3. The van der Waals surface area contributed by atoms with Crippen molar-refractivity contribution in [2.24, 2.45) is 17.8 Å². The Labute approximate surface area is 162 Å². The number of methoxy groups -OCH3 is 1. The molecule has 2 saturated carbocycles. The first-order valence-electron chi connectivity index (χ1n) is 10.2. The highest BCUT2D eigenvalue weighted by Gasteiger charge is 2.35. The molecule has 0 saturated heterocycles. The van der Waals surface area contributed by atoms with Gasteiger partial charge in [-0.2, -0.15) is 0 Å². The summed E-state index contributed by atoms with van der Waals surface area (Å²) in [6.07, 6.45) is 9.73. The summed E-state index contributed by atoms with van der Waals surface area (Å²) < 4.78 is 20.1. The van der Waals surface area contributed by atoms with Crippen molar-refractivity contribution in [3.63, 3.8) is 0 Å². The van der Waals surface area contributed by atoms with Crippen LogP contribution in [-0.2, 0) is 0 Å². The number of benzene rings is 2. The monoisotopic (exact) mass is 364 g/mol. The lowest BCUT2D eigenvalue weighted by Gasteiger charge is -2.41. The molecule has 2 aliphatic rings. The number of allylic oxidation sites excluding steroid dienone is 1. The summed E-state index contributed by atoms with van der Waals surface area (Å²) in [5, 5.41) is 0. The van der Waals surface area contributed by atoms with Crippen molar-refractivity contribution in [3.05, 3.63) is 66.5 Å². The van der Waals surface area contributed by atoms with Crippen molar-refractivity contribution >= 4 is 0 Å². The van der Waals surface area contributed by atoms with Crippen molar-refractivity contribution in [1.82, 2.24) is 0 Å². The summed E-state index contributed by atoms with van der Waals surface area (Å²) in [4.78, 5) is 0. The van der Waals surface area contributed by atoms with Crippen LogP contribution in [0.5, 0.6) is 5.75 Å². The third kappa shape index (κ3) is 3.81. The molecular formula is C25H29FO. The van der Waals surface area contributed by atoms with Gasteiger partial charge >= 0.3 is 0 Å². The van der Waals surface area contributed by atoms with E-state index in [1.54, 1.807) is 13.2 Å². The lowest BCUT2D eigenvalue weighted by molar-refractivity contribution is 0.133. The molecule has 1 nitrogen and oxygen atoms in total. The van der Waals surface area contributed by atoms with Crippen LogP contribution in [-0.4, -0.2) is 7.11 Å². The summed E-state index contributed by atoms with van der Waals surface area (Å²) in [7, 11) is 1.64. The maximum atomic E-state index is 14.9. The smallest absolute Gasteiger partial charge is 0.131 e. The van der Waals surface area contributed by atoms with E-state index < -0.39 is 0 Å². The number of ether oxygens (including phenoxy) is 1. The fourth-order valence-corrected chi connectivity index (χ4v) is 5.23. The van der Waals surface area contributed by atoms with Gasteiger partial charge in [-0.05, 0) is 91.5 Å². The minimum Gasteiger partial charge on any atom is -0.497 e. The Morgan fingerprint density at radius 3 is 2.41 bits per heavy atom. The first-order valence-corrected chi connectivity index (χ1v) is 10.2. The Balaban J connectivity index is 1.48. The molecule has 2 aromatic rings. The second kappa shape index (κ2) is 7.88. The molecule has 2 heteroatoms. The highest BCUT2D eigenvalue weighted by atomic mass is 19.1. The minimum absolute atomic E-state index is 0.116. The number of halogens is 1. The molecule has 0 radical (unpaired) electrons. The van der Waals surface area contributed by atoms with Crippen LogP contribution in [0.4, 0.5) is 4.39 Å². The van der Waals surface area contributed by atoms with Crippen LogP contribution in [0.2, 0.25) is 0 Å². The summed E-state index contributed by atoms with van der Waals surface area (Å²) in [6.45, 7) is 3.99. The normalized spacial score (nSPS) is 27.6. The van der Waals surface area contributed by atoms with E-state index in [2.05, 4.69) is 18.7 Å². The molecule has 2 aliphatic carbocycles. The van der Waals surface area contributed by atoms with Gasteiger partial charge in [0.2, 0.25) is 0 Å². The van der Waals surface area contributed by atoms with E-state index in [9.17, 15) is 4.39 Å². The highest BCUT2D eigenvalue weighted by Crippen LogP contribution is 2.48. The maximum Gasteiger partial charge on any atom is 0.131 e. The lowest BCUT2D eigenvalue weighted by Crippen LogP contribution is -2.29. The molecule has 27 heavy (non-hydrogen) atoms. The third-order valence-electron chi connectivity index (χ3n) is 6.85. The van der Waals surface area contributed by atoms with E-state index in [-0.39, 0.29) is 5.82 Å². The van der Waals surface area contributed by atoms with Gasteiger partial charge in [-0.15, -0.1) is 6.58 Å². The Morgan fingerprint density at radius 2 is 1.70 bits per heavy atom. The van der Waals surface area contributed by atoms with Gasteiger partial charge in [0, 0.05) is 5.56 Å². The molecule has 4 rings (SSSR count). The van der Waals surface area contributed by atoms with Gasteiger partial charge in [-0.1, -0.05) is 30.3 Å². The molecule has 0 spiro atoms. The molecule has 0 aromatic heterocycles. The molecule has 0 aliphatic heterocycles. The zero-order valence-corrected chi connectivity index (χ0v) is 16.2. The topological polar surface area (TPSA) is 9.23 Å². The maximum absolute atomic E-state index is 14.9. The van der Waals surface area contributed by atoms with E-state index in [0.29, 0.717) is 17.4 Å². The molecule has 2 aromatic carbocycles. The van der Waals surface area contributed by atoms with Crippen LogP contribution in [0.25, 0.3) is 11.1 Å². The van der Waals surface area contributed by atoms with Crippen LogP contribution in [0, 0.1) is 23.6 Å². The van der Waals surface area contributed by atoms with E-state index in [1.165, 1.54) is 44.1 Å². The largest absolute Gasteiger partial charge is 0.497 e. The summed E-state index contributed by atoms with van der Waals surface area (Å²) in [6, 6.07) is 13.5. The van der Waals surface area contributed by atoms with Gasteiger partial charge in [0.25, 0.3) is 0 Å². The fraction of sp³-hybridized carbons (Fsp3) is 0.440. The molecule has 4 unspecified atom stereocenters. The zero-order chi connectivity index (χ0) is 18.8. The summed E-state index contributed by atoms with van der Waals surface area (Å²) in [5.74, 6) is 3.55. The van der Waals surface area contributed by atoms with Crippen LogP contribution in [0.15, 0.2) is 55.1 Å². The van der Waals surface area contributed by atoms with Crippen molar-refractivity contribution in [1.29, 1.82) is 0 Å². The van der Waals surface area contributed by atoms with Crippen LogP contribution in [0.1, 0.15) is 50.0 Å². The second-order valence-corrected chi connectivity index (χ2v) is 8.31. The molecule has 0 heterocycles. The van der Waals surface area contributed by atoms with Gasteiger partial charge in [-0.3, -0.25) is 0 Å². The van der Waals surface area contributed by atoms with Crippen LogP contribution >= 0.6 is 0 Å². The van der Waals surface area contributed by atoms with Crippen molar-refractivity contribution in [3.8, 4) is 16.9 Å². The number of hydrogen-bond donors (Lipinski definition) is 0. The van der Waals surface area contributed by atoms with E-state index in [0.717, 1.165) is 23.1 Å². The molecule has 0 N–H and O–H groups in total. The van der Waals surface area contributed by atoms with E-state index in [1.807, 2.05) is 30.3 Å². The lowest BCUT2D eigenvalue weighted by atomic mass is 9.64. The quantitative estimate of drug-likeness (QED) is 0.531. The molecule has 2 fully saturated rings. The Hall–Kier alpha value is -2.09. The molecule has 0 bridgehead atoms. The van der Waals surface area contributed by atoms with Gasteiger partial charge in [0.15, 0.2) is 0 Å². The summed E-state index contributed by atoms with van der Waals surface area (Å²) >= 11 is 0. The molecule has 4 atom stereocenters. The number of hydrogen-bond acceptors (Lipinski definition) is 1. The van der Waals surface area contributed by atoms with Crippen molar-refractivity contribution in [2.45, 2.75) is 44.4 Å². The predicted octanol–water partition coefficient (Wildman–Crippen LogP) is 6.99. The standard InChI is InChI=1S/C25H29FO/c1-3-17-4-5-20-15-21(7-6-19(20)14-17)22-10-13-24(25(26)16-22)18-8-11-23(27-2)12-9-18/h3,8-13,16-17,19-21H,1,4-7,14-15H2,2H3. The van der Waals surface area contributed by atoms with Gasteiger partial charge < -0.3 is 4.74 Å². The molecular weight excluding hydrogens is 335 g/mol. The van der Waals surface area contributed by atoms with E-state index in [4.69, 9.17) is 4.74 Å². The second-order valence-electron chi connectivity index (χ2n) is 8.31. The van der Waals surface area contributed by atoms with Crippen LogP contribution in [0.3, 0.4) is 0 Å². The fourth-order valence-electron chi connectivity index (χ4n) is 5.23. The number of rotatable bonds is 4. The number of fused-ring (bicyclic) bond motifs is 1. The van der Waals surface area contributed by atoms with Gasteiger partial charge in [0.05, 0.1) is 7.11 Å². The third-order valence-corrected chi connectivity index (χ3v) is 6.85. The van der Waals surface area contributed by atoms with E-state index >= 15 is 0 Å². The molecule has 142 valence electrons. The van der Waals surface area contributed by atoms with Crippen molar-refractivity contribution in [2.75, 3.05) is 7.11 Å². The van der Waals surface area contributed by atoms with Crippen molar-refractivity contribution < 1.29 is 9.13 Å². The Kier molecular flexibility index (Phi) is 5.33. The van der Waals surface area contributed by atoms with Crippen LogP contribution < -0.4 is 4.74 Å². The Morgan fingerprint density at radius 1 is 0.963 bits per heavy atom. The molecule has 0 amide bonds. The average Bonchev–Trinajstić information content (AvgIpc) is 2.73. The first-order chi connectivity index (χ1) is 13.2. The van der Waals surface area contributed by atoms with Gasteiger partial charge in [-0.25, -0.2) is 4.39 Å². The predicted molar refractivity (Wildman–Crippen MR) is 109 cm³/mol.